The van der Waals surface area contributed by atoms with E-state index in [0.29, 0.717) is 13.2 Å². The number of anilines is 1. The summed E-state index contributed by atoms with van der Waals surface area (Å²) < 4.78 is 6.00. The summed E-state index contributed by atoms with van der Waals surface area (Å²) in [7, 11) is 0. The third-order valence-corrected chi connectivity index (χ3v) is 4.64. The van der Waals surface area contributed by atoms with Gasteiger partial charge in [-0.3, -0.25) is 0 Å². The number of rotatable bonds is 10. The van der Waals surface area contributed by atoms with Crippen molar-refractivity contribution in [1.82, 2.24) is 5.32 Å². The molecule has 146 valence electrons. The third-order valence-electron chi connectivity index (χ3n) is 4.64. The quantitative estimate of drug-likeness (QED) is 0.545. The molecule has 0 fully saturated rings. The van der Waals surface area contributed by atoms with Gasteiger partial charge in [-0.25, -0.2) is 4.79 Å². The van der Waals surface area contributed by atoms with Crippen LogP contribution >= 0.6 is 0 Å². The van der Waals surface area contributed by atoms with E-state index in [0.717, 1.165) is 49.1 Å². The molecule has 0 aliphatic carbocycles. The van der Waals surface area contributed by atoms with Crippen LogP contribution < -0.4 is 15.4 Å². The number of carbonyl (C=O) groups is 1. The van der Waals surface area contributed by atoms with Crippen LogP contribution in [0.4, 0.5) is 10.5 Å². The number of aryl methyl sites for hydroxylation is 3. The molecule has 0 saturated heterocycles. The van der Waals surface area contributed by atoms with Gasteiger partial charge in [-0.1, -0.05) is 56.7 Å². The van der Waals surface area contributed by atoms with E-state index in [1.165, 1.54) is 11.1 Å². The van der Waals surface area contributed by atoms with Crippen molar-refractivity contribution in [2.24, 2.45) is 0 Å². The zero-order chi connectivity index (χ0) is 19.5. The molecule has 0 bridgehead atoms. The Morgan fingerprint density at radius 1 is 1.00 bits per heavy atom. The first-order valence-electron chi connectivity index (χ1n) is 9.99. The van der Waals surface area contributed by atoms with Crippen LogP contribution in [-0.4, -0.2) is 19.2 Å². The minimum atomic E-state index is -0.181. The van der Waals surface area contributed by atoms with E-state index in [9.17, 15) is 4.79 Å². The molecule has 0 aliphatic heterocycles. The van der Waals surface area contributed by atoms with Gasteiger partial charge in [-0.05, 0) is 55.4 Å². The summed E-state index contributed by atoms with van der Waals surface area (Å²) in [4.78, 5) is 12.1. The molecule has 0 aliphatic rings. The van der Waals surface area contributed by atoms with Gasteiger partial charge < -0.3 is 15.4 Å². The van der Waals surface area contributed by atoms with Crippen LogP contribution in [0.25, 0.3) is 0 Å². The second-order valence-corrected chi connectivity index (χ2v) is 6.76. The molecule has 2 amide bonds. The summed E-state index contributed by atoms with van der Waals surface area (Å²) in [6, 6.07) is 14.2. The first-order valence-corrected chi connectivity index (χ1v) is 9.99. The van der Waals surface area contributed by atoms with Crippen LogP contribution in [0, 0.1) is 6.92 Å². The Bertz CT molecular complexity index is 728. The van der Waals surface area contributed by atoms with Crippen molar-refractivity contribution in [3.05, 3.63) is 59.2 Å². The molecule has 0 saturated carbocycles. The van der Waals surface area contributed by atoms with Crippen molar-refractivity contribution in [3.8, 4) is 5.75 Å². The maximum Gasteiger partial charge on any atom is 0.319 e. The molecule has 2 aromatic rings. The number of unbranched alkanes of at least 4 members (excludes halogenated alkanes) is 1. The fourth-order valence-electron chi connectivity index (χ4n) is 3.05. The molecule has 0 aromatic heterocycles. The Balaban J connectivity index is 1.90. The number of amides is 2. The maximum atomic E-state index is 12.1. The number of hydrogen-bond acceptors (Lipinski definition) is 2. The number of carbonyl (C=O) groups excluding carboxylic acids is 1. The highest BCUT2D eigenvalue weighted by Gasteiger charge is 2.10. The molecular formula is C23H32N2O2. The lowest BCUT2D eigenvalue weighted by Crippen LogP contribution is -2.30. The van der Waals surface area contributed by atoms with E-state index in [-0.39, 0.29) is 6.03 Å². The zero-order valence-corrected chi connectivity index (χ0v) is 16.8. The summed E-state index contributed by atoms with van der Waals surface area (Å²) in [5, 5.41) is 5.82. The normalized spacial score (nSPS) is 10.5. The molecule has 4 heteroatoms. The van der Waals surface area contributed by atoms with Gasteiger partial charge in [-0.15, -0.1) is 0 Å². The molecule has 0 radical (unpaired) electrons. The Morgan fingerprint density at radius 2 is 1.78 bits per heavy atom. The molecule has 27 heavy (non-hydrogen) atoms. The van der Waals surface area contributed by atoms with Gasteiger partial charge in [0.05, 0.1) is 12.3 Å². The summed E-state index contributed by atoms with van der Waals surface area (Å²) in [5.74, 6) is 0.726. The highest BCUT2D eigenvalue weighted by Crippen LogP contribution is 2.28. The molecule has 2 aromatic carbocycles. The van der Waals surface area contributed by atoms with Crippen molar-refractivity contribution in [2.45, 2.75) is 52.9 Å². The van der Waals surface area contributed by atoms with Crippen molar-refractivity contribution in [3.63, 3.8) is 0 Å². The monoisotopic (exact) mass is 368 g/mol. The number of hydrogen-bond donors (Lipinski definition) is 2. The summed E-state index contributed by atoms with van der Waals surface area (Å²) in [5.41, 5.74) is 4.54. The smallest absolute Gasteiger partial charge is 0.319 e. The van der Waals surface area contributed by atoms with Gasteiger partial charge in [0.25, 0.3) is 0 Å². The lowest BCUT2D eigenvalue weighted by molar-refractivity contribution is 0.251. The molecule has 2 rings (SSSR count). The van der Waals surface area contributed by atoms with Crippen LogP contribution in [0.15, 0.2) is 42.5 Å². The van der Waals surface area contributed by atoms with Crippen LogP contribution in [0.1, 0.15) is 49.8 Å². The van der Waals surface area contributed by atoms with E-state index in [2.05, 4.69) is 48.7 Å². The molecule has 0 heterocycles. The topological polar surface area (TPSA) is 50.4 Å². The van der Waals surface area contributed by atoms with Gasteiger partial charge in [0.1, 0.15) is 5.75 Å². The Labute approximate surface area is 163 Å². The minimum absolute atomic E-state index is 0.181. The number of urea groups is 1. The van der Waals surface area contributed by atoms with E-state index in [1.807, 2.05) is 25.1 Å². The average molecular weight is 369 g/mol. The highest BCUT2D eigenvalue weighted by molar-refractivity contribution is 5.91. The predicted octanol–water partition coefficient (Wildman–Crippen LogP) is 5.49. The highest BCUT2D eigenvalue weighted by atomic mass is 16.5. The fourth-order valence-corrected chi connectivity index (χ4v) is 3.05. The van der Waals surface area contributed by atoms with E-state index in [4.69, 9.17) is 4.74 Å². The Morgan fingerprint density at radius 3 is 2.52 bits per heavy atom. The predicted molar refractivity (Wildman–Crippen MR) is 113 cm³/mol. The molecule has 0 atom stereocenters. The molecule has 4 nitrogen and oxygen atoms in total. The summed E-state index contributed by atoms with van der Waals surface area (Å²) in [6.45, 7) is 7.57. The molecular weight excluding hydrogens is 336 g/mol. The first kappa shape index (κ1) is 20.8. The molecule has 0 spiro atoms. The number of para-hydroxylation sites is 1. The van der Waals surface area contributed by atoms with E-state index in [1.54, 1.807) is 0 Å². The van der Waals surface area contributed by atoms with E-state index >= 15 is 0 Å². The number of nitrogens with one attached hydrogen (secondary N) is 2. The van der Waals surface area contributed by atoms with Gasteiger partial charge in [0, 0.05) is 6.54 Å². The largest absolute Gasteiger partial charge is 0.491 e. The van der Waals surface area contributed by atoms with Crippen molar-refractivity contribution in [2.75, 3.05) is 18.5 Å². The van der Waals surface area contributed by atoms with Gasteiger partial charge in [-0.2, -0.15) is 0 Å². The summed E-state index contributed by atoms with van der Waals surface area (Å²) in [6.07, 6.45) is 5.02. The maximum absolute atomic E-state index is 12.1. The zero-order valence-electron chi connectivity index (χ0n) is 16.8. The first-order chi connectivity index (χ1) is 13.2. The second-order valence-electron chi connectivity index (χ2n) is 6.76. The molecule has 2 N–H and O–H groups in total. The van der Waals surface area contributed by atoms with Crippen molar-refractivity contribution < 1.29 is 9.53 Å². The van der Waals surface area contributed by atoms with E-state index < -0.39 is 0 Å². The van der Waals surface area contributed by atoms with Gasteiger partial charge >= 0.3 is 6.03 Å². The van der Waals surface area contributed by atoms with Crippen LogP contribution in [0.3, 0.4) is 0 Å². The third kappa shape index (κ3) is 6.63. The van der Waals surface area contributed by atoms with Crippen LogP contribution in [0.5, 0.6) is 5.75 Å². The van der Waals surface area contributed by atoms with Crippen LogP contribution in [0.2, 0.25) is 0 Å². The van der Waals surface area contributed by atoms with Gasteiger partial charge in [0.15, 0.2) is 0 Å². The SMILES string of the molecule is CCCCNC(=O)Nc1c(C)cccc1OCCCc1ccccc1CC. The fraction of sp³-hybridized carbons (Fsp3) is 0.435. The molecule has 0 unspecified atom stereocenters. The van der Waals surface area contributed by atoms with Gasteiger partial charge in [0.2, 0.25) is 0 Å². The number of benzene rings is 2. The van der Waals surface area contributed by atoms with Crippen LogP contribution in [-0.2, 0) is 12.8 Å². The van der Waals surface area contributed by atoms with Crippen molar-refractivity contribution >= 4 is 11.7 Å². The minimum Gasteiger partial charge on any atom is -0.491 e. The Kier molecular flexibility index (Phi) is 8.69. The average Bonchev–Trinajstić information content (AvgIpc) is 2.68. The lowest BCUT2D eigenvalue weighted by atomic mass is 10.0. The lowest BCUT2D eigenvalue weighted by Gasteiger charge is -2.15. The second kappa shape index (κ2) is 11.3. The standard InChI is InChI=1S/C23H32N2O2/c1-4-6-16-24-23(26)25-22-18(3)11-9-15-21(22)27-17-10-14-20-13-8-7-12-19(20)5-2/h7-9,11-13,15H,4-6,10,14,16-17H2,1-3H3,(H2,24,25,26). The summed E-state index contributed by atoms with van der Waals surface area (Å²) >= 11 is 0. The number of ether oxygens (including phenoxy) is 1. The van der Waals surface area contributed by atoms with Crippen molar-refractivity contribution in [1.29, 1.82) is 0 Å². The Hall–Kier alpha value is -2.49.